The molecule has 0 bridgehead atoms. The molecule has 4 rings (SSSR count). The molecule has 0 aromatic heterocycles. The summed E-state index contributed by atoms with van der Waals surface area (Å²) in [6.07, 6.45) is 4.26. The fraction of sp³-hybridized carbons (Fsp3) is 0.304. The highest BCUT2D eigenvalue weighted by atomic mass is 35.5. The van der Waals surface area contributed by atoms with Crippen molar-refractivity contribution in [3.63, 3.8) is 0 Å². The van der Waals surface area contributed by atoms with Gasteiger partial charge in [0.25, 0.3) is 0 Å². The van der Waals surface area contributed by atoms with Crippen LogP contribution in [0.2, 0.25) is 5.02 Å². The summed E-state index contributed by atoms with van der Waals surface area (Å²) >= 11 is 3.73. The van der Waals surface area contributed by atoms with Gasteiger partial charge in [-0.05, 0) is 50.1 Å². The van der Waals surface area contributed by atoms with Crippen molar-refractivity contribution in [2.45, 2.75) is 39.4 Å². The minimum atomic E-state index is -2.78. The van der Waals surface area contributed by atoms with Crippen molar-refractivity contribution in [1.29, 1.82) is 0 Å². The molecule has 0 spiro atoms. The number of rotatable bonds is 5. The lowest BCUT2D eigenvalue weighted by atomic mass is 10.1. The van der Waals surface area contributed by atoms with Crippen LogP contribution >= 0.6 is 11.6 Å². The molecule has 2 aromatic carbocycles. The van der Waals surface area contributed by atoms with E-state index in [0.29, 0.717) is 24.5 Å². The molecule has 8 nitrogen and oxygen atoms in total. The van der Waals surface area contributed by atoms with Gasteiger partial charge in [-0.1, -0.05) is 35.4 Å². The maximum Gasteiger partial charge on any atom is 0.341 e. The van der Waals surface area contributed by atoms with Crippen molar-refractivity contribution >= 4 is 46.2 Å². The number of carbonyl (C=O) groups is 2. The fourth-order valence-corrected chi connectivity index (χ4v) is 4.72. The van der Waals surface area contributed by atoms with E-state index in [9.17, 15) is 18.4 Å². The van der Waals surface area contributed by atoms with Gasteiger partial charge in [-0.2, -0.15) is 0 Å². The van der Waals surface area contributed by atoms with E-state index in [-0.39, 0.29) is 11.6 Å². The molecule has 0 saturated carbocycles. The lowest BCUT2D eigenvalue weighted by molar-refractivity contribution is -0.117. The van der Waals surface area contributed by atoms with Crippen LogP contribution in [-0.4, -0.2) is 43.2 Å². The second-order valence-corrected chi connectivity index (χ2v) is 9.27. The summed E-state index contributed by atoms with van der Waals surface area (Å²) in [5.74, 6) is 0.0953. The summed E-state index contributed by atoms with van der Waals surface area (Å²) in [5, 5.41) is 0.527. The molecule has 2 aliphatic heterocycles. The SMILES string of the molecule is Cc1ccc(N(C(=O)N2C=CN(Cc3ccc(N4CCCC4=O)cc3Cl)C2C)S(=O)[O-])cc1. The minimum absolute atomic E-state index is 0.0953. The number of halogens is 1. The van der Waals surface area contributed by atoms with E-state index in [0.717, 1.165) is 27.5 Å². The summed E-state index contributed by atoms with van der Waals surface area (Å²) in [4.78, 5) is 30.1. The van der Waals surface area contributed by atoms with E-state index in [4.69, 9.17) is 11.6 Å². The predicted molar refractivity (Wildman–Crippen MR) is 127 cm³/mol. The number of carbonyl (C=O) groups excluding carboxylic acids is 2. The first-order chi connectivity index (χ1) is 15.8. The van der Waals surface area contributed by atoms with Gasteiger partial charge in [0.2, 0.25) is 5.91 Å². The third kappa shape index (κ3) is 4.75. The molecule has 2 aromatic rings. The van der Waals surface area contributed by atoms with E-state index in [2.05, 4.69) is 0 Å². The minimum Gasteiger partial charge on any atom is -0.755 e. The van der Waals surface area contributed by atoms with Crippen LogP contribution in [0.4, 0.5) is 16.2 Å². The normalized spacial score (nSPS) is 18.8. The number of urea groups is 1. The highest BCUT2D eigenvalue weighted by Gasteiger charge is 2.32. The van der Waals surface area contributed by atoms with Crippen LogP contribution in [0.25, 0.3) is 0 Å². The van der Waals surface area contributed by atoms with E-state index in [1.54, 1.807) is 47.6 Å². The van der Waals surface area contributed by atoms with Gasteiger partial charge in [0.15, 0.2) is 0 Å². The quantitative estimate of drug-likeness (QED) is 0.592. The number of hydrogen-bond acceptors (Lipinski definition) is 5. The lowest BCUT2D eigenvalue weighted by Gasteiger charge is -2.33. The molecule has 10 heteroatoms. The number of aryl methyl sites for hydroxylation is 1. The average Bonchev–Trinajstić information content (AvgIpc) is 3.36. The molecular formula is C23H24ClN4O4S-. The van der Waals surface area contributed by atoms with Crippen LogP contribution in [0.15, 0.2) is 54.9 Å². The number of nitrogens with zero attached hydrogens (tertiary/aromatic N) is 4. The van der Waals surface area contributed by atoms with Crippen molar-refractivity contribution in [2.75, 3.05) is 15.7 Å². The number of hydrogen-bond donors (Lipinski definition) is 0. The molecule has 2 aliphatic rings. The Balaban J connectivity index is 1.47. The molecule has 33 heavy (non-hydrogen) atoms. The first kappa shape index (κ1) is 23.3. The zero-order valence-electron chi connectivity index (χ0n) is 18.3. The second kappa shape index (κ2) is 9.54. The highest BCUT2D eigenvalue weighted by molar-refractivity contribution is 7.81. The number of anilines is 2. The van der Waals surface area contributed by atoms with Crippen LogP contribution in [0.1, 0.15) is 30.9 Å². The molecule has 2 unspecified atom stereocenters. The van der Waals surface area contributed by atoms with Gasteiger partial charge in [0.1, 0.15) is 6.17 Å². The molecule has 2 atom stereocenters. The third-order valence-electron chi connectivity index (χ3n) is 5.89. The second-order valence-electron chi connectivity index (χ2n) is 8.06. The van der Waals surface area contributed by atoms with E-state index in [1.807, 2.05) is 30.9 Å². The van der Waals surface area contributed by atoms with E-state index >= 15 is 0 Å². The molecule has 0 radical (unpaired) electrons. The monoisotopic (exact) mass is 487 g/mol. The van der Waals surface area contributed by atoms with Gasteiger partial charge < -0.3 is 14.4 Å². The van der Waals surface area contributed by atoms with Crippen LogP contribution < -0.4 is 9.21 Å². The number of amides is 3. The van der Waals surface area contributed by atoms with Crippen molar-refractivity contribution in [1.82, 2.24) is 9.80 Å². The predicted octanol–water partition coefficient (Wildman–Crippen LogP) is 4.13. The summed E-state index contributed by atoms with van der Waals surface area (Å²) in [6.45, 7) is 4.80. The van der Waals surface area contributed by atoms with Crippen molar-refractivity contribution in [3.05, 3.63) is 71.0 Å². The van der Waals surface area contributed by atoms with Crippen molar-refractivity contribution < 1.29 is 18.4 Å². The Morgan fingerprint density at radius 3 is 2.55 bits per heavy atom. The topological polar surface area (TPSA) is 87.2 Å². The van der Waals surface area contributed by atoms with Gasteiger partial charge in [-0.15, -0.1) is 0 Å². The highest BCUT2D eigenvalue weighted by Crippen LogP contribution is 2.30. The summed E-state index contributed by atoms with van der Waals surface area (Å²) in [6, 6.07) is 11.5. The molecular weight excluding hydrogens is 464 g/mol. The Morgan fingerprint density at radius 1 is 1.21 bits per heavy atom. The Morgan fingerprint density at radius 2 is 1.94 bits per heavy atom. The zero-order chi connectivity index (χ0) is 23.7. The van der Waals surface area contributed by atoms with Crippen molar-refractivity contribution in [3.8, 4) is 0 Å². The molecule has 2 heterocycles. The molecule has 1 saturated heterocycles. The van der Waals surface area contributed by atoms with Crippen LogP contribution in [0.3, 0.4) is 0 Å². The first-order valence-electron chi connectivity index (χ1n) is 10.6. The van der Waals surface area contributed by atoms with Gasteiger partial charge in [-0.3, -0.25) is 13.9 Å². The Labute approximate surface area is 200 Å². The van der Waals surface area contributed by atoms with Gasteiger partial charge in [0.05, 0.1) is 17.0 Å². The van der Waals surface area contributed by atoms with Gasteiger partial charge in [0, 0.05) is 42.6 Å². The van der Waals surface area contributed by atoms with Crippen LogP contribution in [0, 0.1) is 6.92 Å². The lowest BCUT2D eigenvalue weighted by Crippen LogP contribution is -2.47. The summed E-state index contributed by atoms with van der Waals surface area (Å²) < 4.78 is 24.5. The molecule has 1 fully saturated rings. The Bertz CT molecular complexity index is 1120. The fourth-order valence-electron chi connectivity index (χ4n) is 3.97. The Kier molecular flexibility index (Phi) is 6.73. The molecule has 174 valence electrons. The maximum atomic E-state index is 13.1. The molecule has 3 amide bonds. The third-order valence-corrected chi connectivity index (χ3v) is 6.91. The zero-order valence-corrected chi connectivity index (χ0v) is 19.9. The first-order valence-corrected chi connectivity index (χ1v) is 12.0. The maximum absolute atomic E-state index is 13.1. The standard InChI is InChI=1S/C23H25ClN4O4S/c1-16-5-8-19(9-6-16)28(33(31)32)23(30)26-13-12-25(17(26)2)15-18-7-10-20(14-21(18)24)27-11-3-4-22(27)29/h5-10,12-14,17H,3-4,11,15H2,1-2H3,(H,31,32)/p-1. The van der Waals surface area contributed by atoms with E-state index < -0.39 is 23.5 Å². The molecule has 0 aliphatic carbocycles. The number of benzene rings is 2. The Hall–Kier alpha value is -2.88. The van der Waals surface area contributed by atoms with Crippen LogP contribution in [-0.2, 0) is 22.6 Å². The van der Waals surface area contributed by atoms with E-state index in [1.165, 1.54) is 4.90 Å². The largest absolute Gasteiger partial charge is 0.755 e. The average molecular weight is 488 g/mol. The summed E-state index contributed by atoms with van der Waals surface area (Å²) in [7, 11) is 0. The smallest absolute Gasteiger partial charge is 0.341 e. The summed E-state index contributed by atoms with van der Waals surface area (Å²) in [5.41, 5.74) is 2.84. The molecule has 0 N–H and O–H groups in total. The van der Waals surface area contributed by atoms with Gasteiger partial charge >= 0.3 is 6.03 Å². The van der Waals surface area contributed by atoms with Crippen LogP contribution in [0.5, 0.6) is 0 Å². The van der Waals surface area contributed by atoms with Crippen molar-refractivity contribution in [2.24, 2.45) is 0 Å². The van der Waals surface area contributed by atoms with Gasteiger partial charge in [-0.25, -0.2) is 9.10 Å².